The van der Waals surface area contributed by atoms with E-state index in [0.717, 1.165) is 0 Å². The van der Waals surface area contributed by atoms with Crippen LogP contribution in [0.1, 0.15) is 41.2 Å². The van der Waals surface area contributed by atoms with Gasteiger partial charge >= 0.3 is 5.63 Å². The molecule has 2 amide bonds. The predicted octanol–water partition coefficient (Wildman–Crippen LogP) is 2.80. The van der Waals surface area contributed by atoms with Crippen LogP contribution in [0.3, 0.4) is 0 Å². The maximum absolute atomic E-state index is 13.1. The van der Waals surface area contributed by atoms with E-state index in [1.165, 1.54) is 6.20 Å². The molecule has 9 heteroatoms. The summed E-state index contributed by atoms with van der Waals surface area (Å²) in [5.74, 6) is -0.600. The molecule has 1 saturated heterocycles. The van der Waals surface area contributed by atoms with Gasteiger partial charge in [-0.15, -0.1) is 0 Å². The van der Waals surface area contributed by atoms with Gasteiger partial charge < -0.3 is 14.6 Å². The number of benzene rings is 1. The summed E-state index contributed by atoms with van der Waals surface area (Å²) in [5, 5.41) is 8.14. The smallest absolute Gasteiger partial charge is 0.344 e. The Bertz CT molecular complexity index is 1190. The molecule has 4 rings (SSSR count). The van der Waals surface area contributed by atoms with Gasteiger partial charge in [0.15, 0.2) is 5.76 Å². The van der Waals surface area contributed by atoms with E-state index in [2.05, 4.69) is 26.3 Å². The molecular weight excluding hydrogens is 452 g/mol. The third kappa shape index (κ3) is 3.65. The predicted molar refractivity (Wildman–Crippen MR) is 114 cm³/mol. The summed E-state index contributed by atoms with van der Waals surface area (Å²) in [7, 11) is 0. The summed E-state index contributed by atoms with van der Waals surface area (Å²) in [5.41, 5.74) is -0.0685. The zero-order valence-corrected chi connectivity index (χ0v) is 18.2. The zero-order chi connectivity index (χ0) is 21.4. The Kier molecular flexibility index (Phi) is 5.46. The van der Waals surface area contributed by atoms with Crippen LogP contribution < -0.4 is 10.9 Å². The van der Waals surface area contributed by atoms with E-state index in [-0.39, 0.29) is 29.7 Å². The number of nitrogens with one attached hydrogen (secondary N) is 1. The molecule has 8 nitrogen and oxygen atoms in total. The zero-order valence-electron chi connectivity index (χ0n) is 16.6. The molecule has 3 heterocycles. The van der Waals surface area contributed by atoms with Crippen LogP contribution in [0, 0.1) is 0 Å². The highest BCUT2D eigenvalue weighted by Gasteiger charge is 2.36. The molecule has 3 aromatic rings. The molecule has 30 heavy (non-hydrogen) atoms. The van der Waals surface area contributed by atoms with E-state index >= 15 is 0 Å². The van der Waals surface area contributed by atoms with E-state index < -0.39 is 5.63 Å². The Morgan fingerprint density at radius 2 is 2.13 bits per heavy atom. The third-order valence-electron chi connectivity index (χ3n) is 5.51. The standard InChI is InChI=1S/C21H21BrN4O4/c1-3-25-11-13(10-23-25)19(27)24-17-7-8-26(12(17)2)20(28)18-9-15-14(21(29)30-18)5-4-6-16(15)22/h4-6,9-12,17H,3,7-8H2,1-2H3,(H,24,27)/t12-,17-/m1/s1. The van der Waals surface area contributed by atoms with Gasteiger partial charge in [0.1, 0.15) is 0 Å². The highest BCUT2D eigenvalue weighted by Crippen LogP contribution is 2.25. The molecule has 2 aromatic heterocycles. The van der Waals surface area contributed by atoms with Gasteiger partial charge in [-0.2, -0.15) is 5.10 Å². The molecule has 1 aromatic carbocycles. The number of aromatic nitrogens is 2. The monoisotopic (exact) mass is 472 g/mol. The van der Waals surface area contributed by atoms with Crippen LogP contribution in [0.25, 0.3) is 10.8 Å². The van der Waals surface area contributed by atoms with Gasteiger partial charge in [-0.05, 0) is 38.5 Å². The number of hydrogen-bond acceptors (Lipinski definition) is 5. The fraction of sp³-hybridized carbons (Fsp3) is 0.333. The number of carbonyl (C=O) groups excluding carboxylic acids is 2. The molecule has 0 unspecified atom stereocenters. The minimum absolute atomic E-state index is 0.0116. The van der Waals surface area contributed by atoms with Crippen molar-refractivity contribution in [2.75, 3.05) is 6.54 Å². The van der Waals surface area contributed by atoms with Gasteiger partial charge in [0, 0.05) is 35.2 Å². The third-order valence-corrected chi connectivity index (χ3v) is 6.20. The molecule has 1 N–H and O–H groups in total. The van der Waals surface area contributed by atoms with E-state index in [4.69, 9.17) is 4.42 Å². The number of amides is 2. The minimum Gasteiger partial charge on any atom is -0.417 e. The lowest BCUT2D eigenvalue weighted by Crippen LogP contribution is -2.45. The van der Waals surface area contributed by atoms with Gasteiger partial charge in [0.2, 0.25) is 0 Å². The first-order valence-electron chi connectivity index (χ1n) is 9.75. The molecule has 0 saturated carbocycles. The number of nitrogens with zero attached hydrogens (tertiary/aromatic N) is 3. The Hall–Kier alpha value is -2.94. The van der Waals surface area contributed by atoms with E-state index in [9.17, 15) is 14.4 Å². The first-order valence-corrected chi connectivity index (χ1v) is 10.5. The number of carbonyl (C=O) groups is 2. The number of hydrogen-bond donors (Lipinski definition) is 1. The van der Waals surface area contributed by atoms with Crippen molar-refractivity contribution in [1.29, 1.82) is 0 Å². The number of aryl methyl sites for hydroxylation is 1. The molecule has 0 spiro atoms. The van der Waals surface area contributed by atoms with E-state index in [1.807, 2.05) is 13.8 Å². The van der Waals surface area contributed by atoms with Crippen molar-refractivity contribution in [3.63, 3.8) is 0 Å². The van der Waals surface area contributed by atoms with E-state index in [0.29, 0.717) is 40.3 Å². The summed E-state index contributed by atoms with van der Waals surface area (Å²) in [6.07, 6.45) is 3.84. The summed E-state index contributed by atoms with van der Waals surface area (Å²) in [6.45, 7) is 4.96. The second-order valence-electron chi connectivity index (χ2n) is 7.29. The van der Waals surface area contributed by atoms with Crippen LogP contribution in [-0.4, -0.2) is 45.1 Å². The number of rotatable bonds is 4. The highest BCUT2D eigenvalue weighted by molar-refractivity contribution is 9.10. The Balaban J connectivity index is 1.52. The molecule has 1 aliphatic rings. The van der Waals surface area contributed by atoms with Crippen molar-refractivity contribution >= 4 is 38.5 Å². The number of fused-ring (bicyclic) bond motifs is 1. The lowest BCUT2D eigenvalue weighted by atomic mass is 10.1. The number of halogens is 1. The summed E-state index contributed by atoms with van der Waals surface area (Å²) in [6, 6.07) is 6.34. The van der Waals surface area contributed by atoms with Gasteiger partial charge in [-0.1, -0.05) is 22.0 Å². The van der Waals surface area contributed by atoms with Gasteiger partial charge in [-0.3, -0.25) is 14.3 Å². The van der Waals surface area contributed by atoms with Crippen molar-refractivity contribution in [2.24, 2.45) is 0 Å². The van der Waals surface area contributed by atoms with Crippen molar-refractivity contribution < 1.29 is 14.0 Å². The van der Waals surface area contributed by atoms with Crippen LogP contribution >= 0.6 is 15.9 Å². The summed E-state index contributed by atoms with van der Waals surface area (Å²) in [4.78, 5) is 39.5. The van der Waals surface area contributed by atoms with Gasteiger partial charge in [0.05, 0.1) is 23.2 Å². The SMILES string of the molecule is CCn1cc(C(=O)N[C@@H]2CCN(C(=O)c3cc4c(Br)cccc4c(=O)o3)[C@@H]2C)cn1. The second-order valence-corrected chi connectivity index (χ2v) is 8.15. The topological polar surface area (TPSA) is 97.4 Å². The quantitative estimate of drug-likeness (QED) is 0.629. The first-order chi connectivity index (χ1) is 14.4. The van der Waals surface area contributed by atoms with Crippen LogP contribution in [0.5, 0.6) is 0 Å². The molecule has 0 aliphatic carbocycles. The van der Waals surface area contributed by atoms with Crippen molar-refractivity contribution in [3.8, 4) is 0 Å². The van der Waals surface area contributed by atoms with Crippen molar-refractivity contribution in [2.45, 2.75) is 38.9 Å². The Labute approximate surface area is 181 Å². The van der Waals surface area contributed by atoms with Crippen molar-refractivity contribution in [3.05, 3.63) is 62.9 Å². The normalized spacial score (nSPS) is 18.7. The van der Waals surface area contributed by atoms with Gasteiger partial charge in [0.25, 0.3) is 11.8 Å². The molecule has 0 radical (unpaired) electrons. The Morgan fingerprint density at radius 3 is 2.87 bits per heavy atom. The van der Waals surface area contributed by atoms with Crippen LogP contribution in [0.2, 0.25) is 0 Å². The fourth-order valence-corrected chi connectivity index (χ4v) is 4.23. The fourth-order valence-electron chi connectivity index (χ4n) is 3.75. The highest BCUT2D eigenvalue weighted by atomic mass is 79.9. The average Bonchev–Trinajstić information content (AvgIpc) is 3.35. The van der Waals surface area contributed by atoms with Crippen LogP contribution in [-0.2, 0) is 6.54 Å². The number of likely N-dealkylation sites (tertiary alicyclic amines) is 1. The molecule has 0 bridgehead atoms. The summed E-state index contributed by atoms with van der Waals surface area (Å²) >= 11 is 3.42. The molecule has 1 fully saturated rings. The van der Waals surface area contributed by atoms with E-state index in [1.54, 1.807) is 40.0 Å². The molecular formula is C21H21BrN4O4. The van der Waals surface area contributed by atoms with Gasteiger partial charge in [-0.25, -0.2) is 4.79 Å². The second kappa shape index (κ2) is 8.06. The molecule has 156 valence electrons. The van der Waals surface area contributed by atoms with Crippen LogP contribution in [0.15, 0.2) is 50.3 Å². The average molecular weight is 473 g/mol. The Morgan fingerprint density at radius 1 is 1.33 bits per heavy atom. The maximum atomic E-state index is 13.1. The summed E-state index contributed by atoms with van der Waals surface area (Å²) < 4.78 is 7.70. The maximum Gasteiger partial charge on any atom is 0.344 e. The molecule has 2 atom stereocenters. The van der Waals surface area contributed by atoms with Crippen molar-refractivity contribution in [1.82, 2.24) is 20.0 Å². The first kappa shape index (κ1) is 20.3. The minimum atomic E-state index is -0.554. The van der Waals surface area contributed by atoms with Crippen LogP contribution in [0.4, 0.5) is 0 Å². The lowest BCUT2D eigenvalue weighted by molar-refractivity contribution is 0.0694. The molecule has 1 aliphatic heterocycles. The lowest BCUT2D eigenvalue weighted by Gasteiger charge is -2.24. The largest absolute Gasteiger partial charge is 0.417 e.